The van der Waals surface area contributed by atoms with Crippen molar-refractivity contribution in [3.63, 3.8) is 0 Å². The number of hydrogen-bond donors (Lipinski definition) is 2. The predicted octanol–water partition coefficient (Wildman–Crippen LogP) is 2.67. The molecule has 2 aromatic rings. The van der Waals surface area contributed by atoms with Gasteiger partial charge in [0, 0.05) is 17.8 Å². The normalized spacial score (nSPS) is 11.0. The first-order valence-electron chi connectivity index (χ1n) is 7.22. The number of aromatic carboxylic acids is 1. The van der Waals surface area contributed by atoms with E-state index in [1.54, 1.807) is 12.3 Å². The van der Waals surface area contributed by atoms with Crippen molar-refractivity contribution in [2.24, 2.45) is 5.10 Å². The Morgan fingerprint density at radius 1 is 1.48 bits per heavy atom. The van der Waals surface area contributed by atoms with Crippen LogP contribution in [0.15, 0.2) is 23.3 Å². The van der Waals surface area contributed by atoms with Crippen molar-refractivity contribution in [2.45, 2.75) is 27.3 Å². The maximum atomic E-state index is 11.0. The topological polar surface area (TPSA) is 88.7 Å². The van der Waals surface area contributed by atoms with E-state index in [-0.39, 0.29) is 5.56 Å². The zero-order chi connectivity index (χ0) is 17.0. The second-order valence-corrected chi connectivity index (χ2v) is 4.99. The lowest BCUT2D eigenvalue weighted by molar-refractivity contribution is 0.0696. The summed E-state index contributed by atoms with van der Waals surface area (Å²) in [6.07, 6.45) is 1.70. The van der Waals surface area contributed by atoms with Crippen molar-refractivity contribution in [1.29, 1.82) is 0 Å². The molecular weight excluding hydrogens is 296 g/mol. The van der Waals surface area contributed by atoms with E-state index in [4.69, 9.17) is 9.84 Å². The van der Waals surface area contributed by atoms with Crippen molar-refractivity contribution >= 4 is 17.9 Å². The van der Waals surface area contributed by atoms with Gasteiger partial charge in [0.1, 0.15) is 5.75 Å². The van der Waals surface area contributed by atoms with Crippen LogP contribution in [0.2, 0.25) is 0 Å². The molecule has 0 aliphatic rings. The summed E-state index contributed by atoms with van der Waals surface area (Å²) >= 11 is 0. The number of anilines is 1. The second kappa shape index (κ2) is 6.95. The molecule has 0 saturated heterocycles. The van der Waals surface area contributed by atoms with E-state index < -0.39 is 5.97 Å². The minimum absolute atomic E-state index is 0.160. The first-order valence-corrected chi connectivity index (χ1v) is 7.22. The fourth-order valence-corrected chi connectivity index (χ4v) is 2.29. The summed E-state index contributed by atoms with van der Waals surface area (Å²) in [4.78, 5) is 11.0. The van der Waals surface area contributed by atoms with Gasteiger partial charge in [-0.25, -0.2) is 4.79 Å². The van der Waals surface area contributed by atoms with E-state index in [2.05, 4.69) is 15.6 Å². The van der Waals surface area contributed by atoms with E-state index in [0.29, 0.717) is 11.4 Å². The second-order valence-electron chi connectivity index (χ2n) is 4.99. The number of rotatable bonds is 6. The van der Waals surface area contributed by atoms with Gasteiger partial charge >= 0.3 is 5.97 Å². The molecule has 0 fully saturated rings. The fourth-order valence-electron chi connectivity index (χ4n) is 2.29. The number of nitrogens with zero attached hydrogens (tertiary/aromatic N) is 3. The van der Waals surface area contributed by atoms with Gasteiger partial charge in [-0.05, 0) is 39.0 Å². The summed E-state index contributed by atoms with van der Waals surface area (Å²) in [5, 5.41) is 17.6. The molecule has 0 aliphatic heterocycles. The van der Waals surface area contributed by atoms with Gasteiger partial charge in [-0.1, -0.05) is 0 Å². The third kappa shape index (κ3) is 3.50. The molecule has 0 spiro atoms. The average Bonchev–Trinajstić information content (AvgIpc) is 2.82. The maximum Gasteiger partial charge on any atom is 0.335 e. The van der Waals surface area contributed by atoms with Crippen LogP contribution in [0.25, 0.3) is 0 Å². The van der Waals surface area contributed by atoms with E-state index in [0.717, 1.165) is 23.5 Å². The smallest absolute Gasteiger partial charge is 0.335 e. The number of methoxy groups -OCH3 is 1. The first kappa shape index (κ1) is 16.5. The van der Waals surface area contributed by atoms with Crippen LogP contribution in [0.3, 0.4) is 0 Å². The van der Waals surface area contributed by atoms with Gasteiger partial charge in [0.15, 0.2) is 0 Å². The quantitative estimate of drug-likeness (QED) is 0.632. The van der Waals surface area contributed by atoms with Gasteiger partial charge in [0.25, 0.3) is 0 Å². The third-order valence-corrected chi connectivity index (χ3v) is 3.56. The van der Waals surface area contributed by atoms with E-state index in [9.17, 15) is 4.79 Å². The Morgan fingerprint density at radius 3 is 2.78 bits per heavy atom. The number of hydrazone groups is 1. The van der Waals surface area contributed by atoms with Gasteiger partial charge in [0.05, 0.1) is 30.3 Å². The van der Waals surface area contributed by atoms with Crippen LogP contribution in [-0.4, -0.2) is 34.2 Å². The Labute approximate surface area is 134 Å². The Morgan fingerprint density at radius 2 is 2.22 bits per heavy atom. The average molecular weight is 316 g/mol. The monoisotopic (exact) mass is 316 g/mol. The molecule has 1 aromatic carbocycles. The number of nitrogens with one attached hydrogen (secondary N) is 1. The van der Waals surface area contributed by atoms with Gasteiger partial charge < -0.3 is 9.84 Å². The zero-order valence-corrected chi connectivity index (χ0v) is 13.6. The maximum absolute atomic E-state index is 11.0. The molecule has 23 heavy (non-hydrogen) atoms. The molecule has 0 atom stereocenters. The number of hydrogen-bond acceptors (Lipinski definition) is 5. The lowest BCUT2D eigenvalue weighted by Crippen LogP contribution is -2.01. The first-order chi connectivity index (χ1) is 11.0. The number of carbonyl (C=O) groups is 1. The lowest BCUT2D eigenvalue weighted by atomic mass is 10.2. The van der Waals surface area contributed by atoms with Crippen molar-refractivity contribution in [3.05, 3.63) is 40.7 Å². The molecule has 0 saturated carbocycles. The summed E-state index contributed by atoms with van der Waals surface area (Å²) in [7, 11) is 1.48. The molecule has 0 amide bonds. The van der Waals surface area contributed by atoms with Crippen molar-refractivity contribution < 1.29 is 14.6 Å². The van der Waals surface area contributed by atoms with Crippen LogP contribution in [-0.2, 0) is 6.54 Å². The van der Waals surface area contributed by atoms with Crippen molar-refractivity contribution in [2.75, 3.05) is 12.5 Å². The van der Waals surface area contributed by atoms with Gasteiger partial charge in [-0.2, -0.15) is 10.2 Å². The van der Waals surface area contributed by atoms with Gasteiger partial charge in [-0.15, -0.1) is 0 Å². The van der Waals surface area contributed by atoms with Crippen LogP contribution < -0.4 is 10.2 Å². The molecule has 0 unspecified atom stereocenters. The summed E-state index contributed by atoms with van der Waals surface area (Å²) in [6, 6.07) is 4.56. The van der Waals surface area contributed by atoms with Crippen molar-refractivity contribution in [1.82, 2.24) is 9.78 Å². The predicted molar refractivity (Wildman–Crippen MR) is 88.5 cm³/mol. The molecule has 1 heterocycles. The van der Waals surface area contributed by atoms with Crippen LogP contribution in [0.5, 0.6) is 5.75 Å². The zero-order valence-electron chi connectivity index (χ0n) is 13.6. The van der Waals surface area contributed by atoms with E-state index in [1.165, 1.54) is 19.2 Å². The van der Waals surface area contributed by atoms with Crippen LogP contribution in [0.1, 0.15) is 34.2 Å². The number of ether oxygens (including phenoxy) is 1. The SMILES string of the molecule is CCn1nc(C)c(/C=N/Nc2ccc(C(=O)O)cc2OC)c1C. The molecule has 7 nitrogen and oxygen atoms in total. The molecule has 1 aromatic heterocycles. The Bertz CT molecular complexity index is 750. The molecule has 0 aliphatic carbocycles. The Hall–Kier alpha value is -2.83. The van der Waals surface area contributed by atoms with Gasteiger partial charge in [-0.3, -0.25) is 10.1 Å². The number of carboxylic acid groups (broad SMARTS) is 1. The number of benzene rings is 1. The number of carboxylic acids is 1. The largest absolute Gasteiger partial charge is 0.494 e. The molecule has 7 heteroatoms. The summed E-state index contributed by atoms with van der Waals surface area (Å²) in [6.45, 7) is 6.77. The molecule has 2 N–H and O–H groups in total. The molecular formula is C16H20N4O3. The molecule has 0 bridgehead atoms. The number of aromatic nitrogens is 2. The third-order valence-electron chi connectivity index (χ3n) is 3.56. The van der Waals surface area contributed by atoms with E-state index in [1.807, 2.05) is 25.5 Å². The highest BCUT2D eigenvalue weighted by molar-refractivity contribution is 5.89. The Kier molecular flexibility index (Phi) is 5.00. The molecule has 2 rings (SSSR count). The molecule has 122 valence electrons. The highest BCUT2D eigenvalue weighted by Crippen LogP contribution is 2.25. The minimum Gasteiger partial charge on any atom is -0.494 e. The standard InChI is InChI=1S/C16H20N4O3/c1-5-20-11(3)13(10(2)19-20)9-17-18-14-7-6-12(16(21)22)8-15(14)23-4/h6-9,18H,5H2,1-4H3,(H,21,22)/b17-9+. The Balaban J connectivity index is 2.21. The fraction of sp³-hybridized carbons (Fsp3) is 0.312. The highest BCUT2D eigenvalue weighted by Gasteiger charge is 2.10. The summed E-state index contributed by atoms with van der Waals surface area (Å²) in [5.41, 5.74) is 6.53. The molecule has 0 radical (unpaired) electrons. The van der Waals surface area contributed by atoms with E-state index >= 15 is 0 Å². The van der Waals surface area contributed by atoms with Crippen LogP contribution in [0, 0.1) is 13.8 Å². The summed E-state index contributed by atoms with van der Waals surface area (Å²) in [5.74, 6) is -0.587. The van der Waals surface area contributed by atoms with Crippen molar-refractivity contribution in [3.8, 4) is 5.75 Å². The minimum atomic E-state index is -1.00. The lowest BCUT2D eigenvalue weighted by Gasteiger charge is -2.08. The van der Waals surface area contributed by atoms with Crippen LogP contribution in [0.4, 0.5) is 5.69 Å². The van der Waals surface area contributed by atoms with Gasteiger partial charge in [0.2, 0.25) is 0 Å². The number of aryl methyl sites for hydroxylation is 2. The van der Waals surface area contributed by atoms with Crippen LogP contribution >= 0.6 is 0 Å². The summed E-state index contributed by atoms with van der Waals surface area (Å²) < 4.78 is 7.11. The highest BCUT2D eigenvalue weighted by atomic mass is 16.5.